The molecular formula is C11H14N2O4. The maximum absolute atomic E-state index is 11.3. The summed E-state index contributed by atoms with van der Waals surface area (Å²) in [4.78, 5) is 11.3. The fraction of sp³-hybridized carbons (Fsp3) is 0.364. The molecule has 0 radical (unpaired) electrons. The topological polar surface area (TPSA) is 82.8 Å². The molecule has 1 aromatic carbocycles. The van der Waals surface area contributed by atoms with Crippen LogP contribution in [0.1, 0.15) is 6.42 Å². The number of nitrogens with one attached hydrogen (secondary N) is 1. The lowest BCUT2D eigenvalue weighted by molar-refractivity contribution is 0.173. The van der Waals surface area contributed by atoms with Crippen molar-refractivity contribution in [3.05, 3.63) is 18.2 Å². The number of hydrogen-bond donors (Lipinski definition) is 2. The number of nitrogens with two attached hydrogens (primary N) is 1. The highest BCUT2D eigenvalue weighted by Crippen LogP contribution is 2.34. The molecule has 0 atom stereocenters. The van der Waals surface area contributed by atoms with Crippen LogP contribution in [0.5, 0.6) is 17.2 Å². The van der Waals surface area contributed by atoms with Crippen LogP contribution >= 0.6 is 0 Å². The van der Waals surface area contributed by atoms with Crippen molar-refractivity contribution in [1.82, 2.24) is 5.32 Å². The van der Waals surface area contributed by atoms with Gasteiger partial charge in [0.05, 0.1) is 0 Å². The third kappa shape index (κ3) is 3.01. The SMILES string of the molecule is NCCCNC(=O)Oc1ccc2c(c1)OCO2. The van der Waals surface area contributed by atoms with E-state index in [-0.39, 0.29) is 6.79 Å². The Morgan fingerprint density at radius 3 is 3.06 bits per heavy atom. The maximum atomic E-state index is 11.3. The second kappa shape index (κ2) is 5.40. The number of amides is 1. The smallest absolute Gasteiger partial charge is 0.412 e. The summed E-state index contributed by atoms with van der Waals surface area (Å²) in [5.41, 5.74) is 5.31. The van der Waals surface area contributed by atoms with Gasteiger partial charge in [-0.25, -0.2) is 4.79 Å². The van der Waals surface area contributed by atoms with E-state index in [0.717, 1.165) is 6.42 Å². The van der Waals surface area contributed by atoms with Gasteiger partial charge in [-0.3, -0.25) is 0 Å². The maximum Gasteiger partial charge on any atom is 0.412 e. The van der Waals surface area contributed by atoms with Crippen LogP contribution in [0.15, 0.2) is 18.2 Å². The van der Waals surface area contributed by atoms with Gasteiger partial charge in [0.1, 0.15) is 5.75 Å². The van der Waals surface area contributed by atoms with Crippen molar-refractivity contribution in [2.75, 3.05) is 19.9 Å². The summed E-state index contributed by atoms with van der Waals surface area (Å²) in [6.07, 6.45) is 0.216. The Kier molecular flexibility index (Phi) is 3.66. The molecule has 0 bridgehead atoms. The normalized spacial score (nSPS) is 12.3. The van der Waals surface area contributed by atoms with E-state index in [9.17, 15) is 4.79 Å². The van der Waals surface area contributed by atoms with E-state index in [4.69, 9.17) is 19.9 Å². The Morgan fingerprint density at radius 1 is 1.41 bits per heavy atom. The van der Waals surface area contributed by atoms with Crippen LogP contribution in [-0.2, 0) is 0 Å². The fourth-order valence-corrected chi connectivity index (χ4v) is 1.38. The van der Waals surface area contributed by atoms with Crippen molar-refractivity contribution >= 4 is 6.09 Å². The van der Waals surface area contributed by atoms with E-state index in [1.54, 1.807) is 18.2 Å². The van der Waals surface area contributed by atoms with Gasteiger partial charge >= 0.3 is 6.09 Å². The van der Waals surface area contributed by atoms with Crippen molar-refractivity contribution < 1.29 is 19.0 Å². The van der Waals surface area contributed by atoms with Gasteiger partial charge in [0.2, 0.25) is 6.79 Å². The van der Waals surface area contributed by atoms with Crippen LogP contribution in [0.3, 0.4) is 0 Å². The summed E-state index contributed by atoms with van der Waals surface area (Å²) in [5.74, 6) is 1.65. The van der Waals surface area contributed by atoms with E-state index in [1.165, 1.54) is 0 Å². The second-order valence-electron chi connectivity index (χ2n) is 3.47. The molecular weight excluding hydrogens is 224 g/mol. The molecule has 1 aliphatic heterocycles. The average molecular weight is 238 g/mol. The van der Waals surface area contributed by atoms with Gasteiger partial charge in [-0.05, 0) is 25.1 Å². The van der Waals surface area contributed by atoms with E-state index in [1.807, 2.05) is 0 Å². The lowest BCUT2D eigenvalue weighted by Gasteiger charge is -2.06. The second-order valence-corrected chi connectivity index (χ2v) is 3.47. The lowest BCUT2D eigenvalue weighted by Crippen LogP contribution is -2.28. The highest BCUT2D eigenvalue weighted by Gasteiger charge is 2.14. The largest absolute Gasteiger partial charge is 0.454 e. The Hall–Kier alpha value is -1.95. The molecule has 1 heterocycles. The van der Waals surface area contributed by atoms with Gasteiger partial charge in [-0.2, -0.15) is 0 Å². The number of carbonyl (C=O) groups is 1. The highest BCUT2D eigenvalue weighted by atomic mass is 16.7. The van der Waals surface area contributed by atoms with E-state index in [0.29, 0.717) is 30.3 Å². The first kappa shape index (κ1) is 11.5. The number of ether oxygens (including phenoxy) is 3. The molecule has 0 fully saturated rings. The first-order valence-electron chi connectivity index (χ1n) is 5.35. The van der Waals surface area contributed by atoms with Crippen LogP contribution in [-0.4, -0.2) is 26.0 Å². The van der Waals surface area contributed by atoms with E-state index < -0.39 is 6.09 Å². The monoisotopic (exact) mass is 238 g/mol. The predicted octanol–water partition coefficient (Wildman–Crippen LogP) is 0.852. The summed E-state index contributed by atoms with van der Waals surface area (Å²) in [7, 11) is 0. The molecule has 1 aromatic rings. The molecule has 17 heavy (non-hydrogen) atoms. The number of hydrogen-bond acceptors (Lipinski definition) is 5. The highest BCUT2D eigenvalue weighted by molar-refractivity contribution is 5.70. The number of carbonyl (C=O) groups excluding carboxylic acids is 1. The Morgan fingerprint density at radius 2 is 2.24 bits per heavy atom. The third-order valence-electron chi connectivity index (χ3n) is 2.20. The minimum atomic E-state index is -0.502. The van der Waals surface area contributed by atoms with Crippen molar-refractivity contribution in [2.45, 2.75) is 6.42 Å². The summed E-state index contributed by atoms with van der Waals surface area (Å²) < 4.78 is 15.4. The molecule has 3 N–H and O–H groups in total. The molecule has 1 aliphatic rings. The fourth-order valence-electron chi connectivity index (χ4n) is 1.38. The van der Waals surface area contributed by atoms with Crippen molar-refractivity contribution in [3.63, 3.8) is 0 Å². The van der Waals surface area contributed by atoms with Crippen molar-refractivity contribution in [1.29, 1.82) is 0 Å². The van der Waals surface area contributed by atoms with Gasteiger partial charge in [0, 0.05) is 12.6 Å². The Labute approximate surface area is 98.6 Å². The number of fused-ring (bicyclic) bond motifs is 1. The third-order valence-corrected chi connectivity index (χ3v) is 2.20. The zero-order chi connectivity index (χ0) is 12.1. The average Bonchev–Trinajstić information content (AvgIpc) is 2.76. The van der Waals surface area contributed by atoms with Gasteiger partial charge in [0.15, 0.2) is 11.5 Å². The quantitative estimate of drug-likeness (QED) is 0.760. The van der Waals surface area contributed by atoms with Gasteiger partial charge in [-0.1, -0.05) is 0 Å². The summed E-state index contributed by atoms with van der Waals surface area (Å²) >= 11 is 0. The van der Waals surface area contributed by atoms with Crippen molar-refractivity contribution in [3.8, 4) is 17.2 Å². The molecule has 6 heteroatoms. The van der Waals surface area contributed by atoms with E-state index in [2.05, 4.69) is 5.32 Å². The van der Waals surface area contributed by atoms with Crippen LogP contribution in [0.25, 0.3) is 0 Å². The molecule has 0 saturated carbocycles. The van der Waals surface area contributed by atoms with E-state index >= 15 is 0 Å². The molecule has 6 nitrogen and oxygen atoms in total. The first-order valence-corrected chi connectivity index (χ1v) is 5.35. The molecule has 1 amide bonds. The molecule has 0 aromatic heterocycles. The molecule has 2 rings (SSSR count). The number of benzene rings is 1. The standard InChI is InChI=1S/C11H14N2O4/c12-4-1-5-13-11(14)17-8-2-3-9-10(6-8)16-7-15-9/h2-3,6H,1,4-5,7,12H2,(H,13,14). The van der Waals surface area contributed by atoms with Gasteiger partial charge in [0.25, 0.3) is 0 Å². The summed E-state index contributed by atoms with van der Waals surface area (Å²) in [6.45, 7) is 1.23. The van der Waals surface area contributed by atoms with Crippen LogP contribution in [0, 0.1) is 0 Å². The predicted molar refractivity (Wildman–Crippen MR) is 60.3 cm³/mol. The minimum Gasteiger partial charge on any atom is -0.454 e. The van der Waals surface area contributed by atoms with Crippen LogP contribution in [0.2, 0.25) is 0 Å². The molecule has 0 aliphatic carbocycles. The lowest BCUT2D eigenvalue weighted by atomic mass is 10.3. The van der Waals surface area contributed by atoms with Crippen LogP contribution < -0.4 is 25.3 Å². The summed E-state index contributed by atoms with van der Waals surface area (Å²) in [6, 6.07) is 4.96. The van der Waals surface area contributed by atoms with Gasteiger partial charge in [-0.15, -0.1) is 0 Å². The van der Waals surface area contributed by atoms with Crippen molar-refractivity contribution in [2.24, 2.45) is 5.73 Å². The number of rotatable bonds is 4. The van der Waals surface area contributed by atoms with Gasteiger partial charge < -0.3 is 25.3 Å². The first-order chi connectivity index (χ1) is 8.29. The molecule has 0 saturated heterocycles. The minimum absolute atomic E-state index is 0.196. The zero-order valence-electron chi connectivity index (χ0n) is 9.27. The summed E-state index contributed by atoms with van der Waals surface area (Å²) in [5, 5.41) is 2.59. The molecule has 0 unspecified atom stereocenters. The molecule has 92 valence electrons. The Bertz CT molecular complexity index is 408. The Balaban J connectivity index is 1.88. The van der Waals surface area contributed by atoms with Crippen LogP contribution in [0.4, 0.5) is 4.79 Å². The zero-order valence-corrected chi connectivity index (χ0v) is 9.27. The molecule has 0 spiro atoms.